The Bertz CT molecular complexity index is 420. The summed E-state index contributed by atoms with van der Waals surface area (Å²) in [6.07, 6.45) is 5.19. The molecule has 0 aliphatic rings. The molecule has 0 aliphatic carbocycles. The topological polar surface area (TPSA) is 69.6 Å². The molecule has 0 fully saturated rings. The second kappa shape index (κ2) is 2.85. The largest absolute Gasteiger partial charge is 0.368 e. The molecule has 2 aromatic rings. The first-order chi connectivity index (χ1) is 6.25. The molecular formula is C8H9N5. The predicted molar refractivity (Wildman–Crippen MR) is 48.3 cm³/mol. The van der Waals surface area contributed by atoms with Crippen molar-refractivity contribution < 1.29 is 0 Å². The fourth-order valence-corrected chi connectivity index (χ4v) is 1.05. The number of hydrogen-bond donors (Lipinski definition) is 1. The molecular weight excluding hydrogens is 166 g/mol. The van der Waals surface area contributed by atoms with E-state index in [9.17, 15) is 0 Å². The van der Waals surface area contributed by atoms with E-state index in [0.717, 1.165) is 11.5 Å². The van der Waals surface area contributed by atoms with Crippen molar-refractivity contribution in [1.29, 1.82) is 0 Å². The number of hydrogen-bond acceptors (Lipinski definition) is 4. The number of aryl methyl sites for hydroxylation is 1. The number of imidazole rings is 1. The van der Waals surface area contributed by atoms with Crippen molar-refractivity contribution >= 4 is 5.95 Å². The van der Waals surface area contributed by atoms with Crippen LogP contribution in [0, 0.1) is 6.92 Å². The molecule has 0 aromatic carbocycles. The van der Waals surface area contributed by atoms with Gasteiger partial charge >= 0.3 is 0 Å². The molecule has 0 aliphatic heterocycles. The first-order valence-corrected chi connectivity index (χ1v) is 3.85. The first-order valence-electron chi connectivity index (χ1n) is 3.85. The van der Waals surface area contributed by atoms with Gasteiger partial charge in [-0.15, -0.1) is 0 Å². The van der Waals surface area contributed by atoms with Crippen LogP contribution in [0.15, 0.2) is 24.8 Å². The molecule has 2 heterocycles. The van der Waals surface area contributed by atoms with Crippen LogP contribution in [0.4, 0.5) is 5.95 Å². The van der Waals surface area contributed by atoms with Crippen LogP contribution in [-0.2, 0) is 0 Å². The van der Waals surface area contributed by atoms with E-state index >= 15 is 0 Å². The Morgan fingerprint density at radius 3 is 2.85 bits per heavy atom. The molecule has 13 heavy (non-hydrogen) atoms. The van der Waals surface area contributed by atoms with Gasteiger partial charge in [-0.05, 0) is 13.0 Å². The molecule has 5 heteroatoms. The van der Waals surface area contributed by atoms with E-state index in [1.54, 1.807) is 23.2 Å². The first kappa shape index (κ1) is 7.72. The number of nitrogens with zero attached hydrogens (tertiary/aromatic N) is 4. The van der Waals surface area contributed by atoms with E-state index < -0.39 is 0 Å². The van der Waals surface area contributed by atoms with Gasteiger partial charge in [-0.25, -0.2) is 9.97 Å². The molecule has 2 aromatic heterocycles. The molecule has 66 valence electrons. The highest BCUT2D eigenvalue weighted by Crippen LogP contribution is 2.04. The molecule has 0 spiro atoms. The summed E-state index contributed by atoms with van der Waals surface area (Å²) < 4.78 is 1.80. The zero-order valence-corrected chi connectivity index (χ0v) is 7.18. The summed E-state index contributed by atoms with van der Waals surface area (Å²) in [6.45, 7) is 1.92. The summed E-state index contributed by atoms with van der Waals surface area (Å²) in [5.74, 6) is 0.997. The van der Waals surface area contributed by atoms with E-state index in [4.69, 9.17) is 5.73 Å². The maximum absolute atomic E-state index is 5.45. The molecule has 5 nitrogen and oxygen atoms in total. The standard InChI is InChI=1S/C8H9N5/c1-6-4-13(5-11-6)7-2-3-10-8(9)12-7/h2-5H,1H3,(H2,9,10,12). The number of nitrogens with two attached hydrogens (primary N) is 1. The van der Waals surface area contributed by atoms with Crippen LogP contribution in [0.5, 0.6) is 0 Å². The van der Waals surface area contributed by atoms with Crippen LogP contribution in [-0.4, -0.2) is 19.5 Å². The summed E-state index contributed by atoms with van der Waals surface area (Å²) in [5.41, 5.74) is 6.39. The SMILES string of the molecule is Cc1cn(-c2ccnc(N)n2)cn1. The van der Waals surface area contributed by atoms with Crippen LogP contribution in [0.3, 0.4) is 0 Å². The van der Waals surface area contributed by atoms with Gasteiger partial charge in [-0.1, -0.05) is 0 Å². The highest BCUT2D eigenvalue weighted by molar-refractivity contribution is 5.28. The fourth-order valence-electron chi connectivity index (χ4n) is 1.05. The highest BCUT2D eigenvalue weighted by atomic mass is 15.1. The van der Waals surface area contributed by atoms with Crippen LogP contribution in [0.2, 0.25) is 0 Å². The van der Waals surface area contributed by atoms with Gasteiger partial charge in [0.1, 0.15) is 12.1 Å². The van der Waals surface area contributed by atoms with E-state index in [-0.39, 0.29) is 5.95 Å². The monoisotopic (exact) mass is 175 g/mol. The van der Waals surface area contributed by atoms with Crippen LogP contribution >= 0.6 is 0 Å². The average molecular weight is 175 g/mol. The minimum absolute atomic E-state index is 0.267. The van der Waals surface area contributed by atoms with Crippen molar-refractivity contribution in [3.8, 4) is 5.82 Å². The van der Waals surface area contributed by atoms with Gasteiger partial charge in [0.05, 0.1) is 5.69 Å². The predicted octanol–water partition coefficient (Wildman–Crippen LogP) is 0.553. The lowest BCUT2D eigenvalue weighted by Gasteiger charge is -1.99. The molecule has 0 amide bonds. The zero-order valence-electron chi connectivity index (χ0n) is 7.18. The molecule has 0 saturated heterocycles. The molecule has 0 unspecified atom stereocenters. The number of aromatic nitrogens is 4. The van der Waals surface area contributed by atoms with Crippen molar-refractivity contribution in [1.82, 2.24) is 19.5 Å². The second-order valence-electron chi connectivity index (χ2n) is 2.70. The Hall–Kier alpha value is -1.91. The normalized spacial score (nSPS) is 10.2. The Labute approximate surface area is 75.3 Å². The number of nitrogen functional groups attached to an aromatic ring is 1. The van der Waals surface area contributed by atoms with E-state index in [0.29, 0.717) is 0 Å². The van der Waals surface area contributed by atoms with Gasteiger partial charge in [-0.3, -0.25) is 4.57 Å². The van der Waals surface area contributed by atoms with E-state index in [1.165, 1.54) is 0 Å². The third-order valence-electron chi connectivity index (χ3n) is 1.64. The smallest absolute Gasteiger partial charge is 0.221 e. The Morgan fingerprint density at radius 2 is 2.23 bits per heavy atom. The van der Waals surface area contributed by atoms with Crippen molar-refractivity contribution in [3.63, 3.8) is 0 Å². The lowest BCUT2D eigenvalue weighted by Crippen LogP contribution is -1.99. The Kier molecular flexibility index (Phi) is 1.70. The van der Waals surface area contributed by atoms with Gasteiger partial charge in [0.15, 0.2) is 0 Å². The van der Waals surface area contributed by atoms with Gasteiger partial charge in [-0.2, -0.15) is 4.98 Å². The van der Waals surface area contributed by atoms with Gasteiger partial charge in [0.2, 0.25) is 5.95 Å². The Balaban J connectivity index is 2.46. The van der Waals surface area contributed by atoms with Gasteiger partial charge in [0, 0.05) is 12.4 Å². The summed E-state index contributed by atoms with van der Waals surface area (Å²) in [6, 6.07) is 1.78. The second-order valence-corrected chi connectivity index (χ2v) is 2.70. The molecule has 0 radical (unpaired) electrons. The van der Waals surface area contributed by atoms with Crippen molar-refractivity contribution in [2.45, 2.75) is 6.92 Å². The lowest BCUT2D eigenvalue weighted by atomic mass is 10.5. The molecule has 2 N–H and O–H groups in total. The summed E-state index contributed by atoms with van der Waals surface area (Å²) in [7, 11) is 0. The Morgan fingerprint density at radius 1 is 1.38 bits per heavy atom. The van der Waals surface area contributed by atoms with Crippen LogP contribution < -0.4 is 5.73 Å². The minimum Gasteiger partial charge on any atom is -0.368 e. The van der Waals surface area contributed by atoms with Crippen molar-refractivity contribution in [2.75, 3.05) is 5.73 Å². The molecule has 2 rings (SSSR count). The van der Waals surface area contributed by atoms with Gasteiger partial charge in [0.25, 0.3) is 0 Å². The summed E-state index contributed by atoms with van der Waals surface area (Å²) >= 11 is 0. The maximum atomic E-state index is 5.45. The lowest BCUT2D eigenvalue weighted by molar-refractivity contribution is 0.978. The third kappa shape index (κ3) is 1.48. The number of anilines is 1. The maximum Gasteiger partial charge on any atom is 0.221 e. The summed E-state index contributed by atoms with van der Waals surface area (Å²) in [5, 5.41) is 0. The fraction of sp³-hybridized carbons (Fsp3) is 0.125. The van der Waals surface area contributed by atoms with Crippen LogP contribution in [0.25, 0.3) is 5.82 Å². The van der Waals surface area contributed by atoms with Crippen LogP contribution in [0.1, 0.15) is 5.69 Å². The zero-order chi connectivity index (χ0) is 9.26. The summed E-state index contributed by atoms with van der Waals surface area (Å²) in [4.78, 5) is 11.9. The van der Waals surface area contributed by atoms with E-state index in [2.05, 4.69) is 15.0 Å². The quantitative estimate of drug-likeness (QED) is 0.687. The molecule has 0 saturated carbocycles. The van der Waals surface area contributed by atoms with E-state index in [1.807, 2.05) is 13.1 Å². The van der Waals surface area contributed by atoms with Crippen molar-refractivity contribution in [2.24, 2.45) is 0 Å². The van der Waals surface area contributed by atoms with Gasteiger partial charge < -0.3 is 5.73 Å². The highest BCUT2D eigenvalue weighted by Gasteiger charge is 1.98. The minimum atomic E-state index is 0.267. The molecule has 0 atom stereocenters. The molecule has 0 bridgehead atoms. The van der Waals surface area contributed by atoms with Crippen molar-refractivity contribution in [3.05, 3.63) is 30.5 Å². The third-order valence-corrected chi connectivity index (χ3v) is 1.64. The number of rotatable bonds is 1. The average Bonchev–Trinajstić information content (AvgIpc) is 2.52.